The van der Waals surface area contributed by atoms with Crippen LogP contribution in [0.2, 0.25) is 0 Å². The molecule has 0 saturated carbocycles. The fraction of sp³-hybridized carbons (Fsp3) is 0.429. The van der Waals surface area contributed by atoms with Crippen molar-refractivity contribution >= 4 is 35.9 Å². The predicted octanol–water partition coefficient (Wildman–Crippen LogP) is 4.44. The van der Waals surface area contributed by atoms with E-state index in [1.54, 1.807) is 31.2 Å². The number of esters is 1. The number of nitrogens with two attached hydrogens (primary N) is 1. The molecule has 250 valence electrons. The average Bonchev–Trinajstić information content (AvgIpc) is 3.56. The Hall–Kier alpha value is -3.57. The SMILES string of the molecule is C=C1N=C(N)C=CN1[C@@H]1O[C@H](COP(=O)(N[C@@H](C)C(=O)OC(C)(C)c2ccc([N+](=O)[O-])s2)OCc2ccccc2C)[C@H](O)C1(F)F. The number of ether oxygens (including phenoxy) is 2. The number of nitro groups is 1. The van der Waals surface area contributed by atoms with Crippen LogP contribution in [0, 0.1) is 17.0 Å². The third-order valence-electron chi connectivity index (χ3n) is 7.08. The molecule has 2 aliphatic rings. The smallest absolute Gasteiger partial charge is 0.406 e. The van der Waals surface area contributed by atoms with Crippen LogP contribution in [0.3, 0.4) is 0 Å². The number of hydrogen-bond donors (Lipinski definition) is 3. The summed E-state index contributed by atoms with van der Waals surface area (Å²) >= 11 is 0.829. The molecule has 1 aromatic heterocycles. The standard InChI is InChI=1S/C28H34F2N5O9PS/c1-16-8-6-7-9-19(16)14-41-45(40,33-17(2)25(37)44-27(4,5)21-10-11-23(46-21)35(38)39)42-15-20-24(36)28(29,30)26(43-20)34-13-12-22(31)32-18(34)3/h6-13,17,20,24,26,36H,3,14-15H2,1-2,4-5H3,(H2,31,32)(H,33,40)/t17-,20+,24-,26+,45?/m0/s1. The highest BCUT2D eigenvalue weighted by molar-refractivity contribution is 7.51. The van der Waals surface area contributed by atoms with Gasteiger partial charge in [-0.3, -0.25) is 24.0 Å². The molecule has 18 heteroatoms. The lowest BCUT2D eigenvalue weighted by Gasteiger charge is -2.31. The van der Waals surface area contributed by atoms with E-state index < -0.39 is 61.2 Å². The van der Waals surface area contributed by atoms with Crippen molar-refractivity contribution in [3.05, 3.63) is 87.2 Å². The fourth-order valence-electron chi connectivity index (χ4n) is 4.45. The summed E-state index contributed by atoms with van der Waals surface area (Å²) in [5, 5.41) is 23.9. The van der Waals surface area contributed by atoms with Gasteiger partial charge in [0.25, 0.3) is 0 Å². The van der Waals surface area contributed by atoms with Gasteiger partial charge in [-0.05, 0) is 51.0 Å². The molecule has 0 amide bonds. The number of nitrogens with zero attached hydrogens (tertiary/aromatic N) is 3. The van der Waals surface area contributed by atoms with Gasteiger partial charge in [-0.2, -0.15) is 8.78 Å². The zero-order valence-electron chi connectivity index (χ0n) is 25.3. The maximum atomic E-state index is 15.2. The molecule has 0 aliphatic carbocycles. The third-order valence-corrected chi connectivity index (χ3v) is 10.1. The van der Waals surface area contributed by atoms with Crippen LogP contribution >= 0.6 is 19.1 Å². The summed E-state index contributed by atoms with van der Waals surface area (Å²) in [6, 6.07) is 8.42. The summed E-state index contributed by atoms with van der Waals surface area (Å²) in [6.45, 7) is 8.65. The molecule has 0 radical (unpaired) electrons. The van der Waals surface area contributed by atoms with Crippen molar-refractivity contribution in [1.29, 1.82) is 0 Å². The van der Waals surface area contributed by atoms with Gasteiger partial charge in [0.15, 0.2) is 6.10 Å². The van der Waals surface area contributed by atoms with Crippen LogP contribution < -0.4 is 10.8 Å². The summed E-state index contributed by atoms with van der Waals surface area (Å²) in [7, 11) is -4.51. The van der Waals surface area contributed by atoms with E-state index >= 15 is 8.78 Å². The van der Waals surface area contributed by atoms with Crippen LogP contribution in [0.5, 0.6) is 0 Å². The highest BCUT2D eigenvalue weighted by atomic mass is 32.1. The zero-order valence-corrected chi connectivity index (χ0v) is 27.0. The highest BCUT2D eigenvalue weighted by Gasteiger charge is 2.61. The Kier molecular flexibility index (Phi) is 10.5. The molecule has 14 nitrogen and oxygen atoms in total. The number of carbonyl (C=O) groups excluding carboxylic acids is 1. The van der Waals surface area contributed by atoms with Gasteiger partial charge < -0.3 is 25.2 Å². The summed E-state index contributed by atoms with van der Waals surface area (Å²) in [4.78, 5) is 28.8. The number of alkyl halides is 2. The normalized spacial score (nSPS) is 23.1. The minimum absolute atomic E-state index is 0.0357. The van der Waals surface area contributed by atoms with Gasteiger partial charge in [0.1, 0.15) is 29.4 Å². The second-order valence-electron chi connectivity index (χ2n) is 11.0. The van der Waals surface area contributed by atoms with Gasteiger partial charge in [0.05, 0.1) is 23.0 Å². The van der Waals surface area contributed by atoms with E-state index in [0.29, 0.717) is 10.4 Å². The lowest BCUT2D eigenvalue weighted by molar-refractivity contribution is -0.380. The summed E-state index contributed by atoms with van der Waals surface area (Å²) < 4.78 is 66.5. The maximum absolute atomic E-state index is 15.2. The number of thiophene rings is 1. The Morgan fingerprint density at radius 3 is 2.67 bits per heavy atom. The molecule has 2 aromatic rings. The number of carbonyl (C=O) groups is 1. The van der Waals surface area contributed by atoms with E-state index in [1.165, 1.54) is 45.2 Å². The Labute approximate surface area is 267 Å². The van der Waals surface area contributed by atoms with Crippen molar-refractivity contribution in [2.45, 2.75) is 70.3 Å². The van der Waals surface area contributed by atoms with Crippen molar-refractivity contribution < 1.29 is 46.7 Å². The van der Waals surface area contributed by atoms with Crippen molar-refractivity contribution in [1.82, 2.24) is 9.99 Å². The molecule has 0 spiro atoms. The van der Waals surface area contributed by atoms with Crippen LogP contribution in [-0.4, -0.2) is 63.7 Å². The summed E-state index contributed by atoms with van der Waals surface area (Å²) in [5.41, 5.74) is 5.71. The first-order valence-electron chi connectivity index (χ1n) is 13.8. The van der Waals surface area contributed by atoms with Gasteiger partial charge in [-0.1, -0.05) is 42.2 Å². The minimum Gasteiger partial charge on any atom is -0.453 e. The van der Waals surface area contributed by atoms with Gasteiger partial charge in [0.2, 0.25) is 6.23 Å². The topological polar surface area (TPSA) is 188 Å². The molecule has 3 heterocycles. The van der Waals surface area contributed by atoms with Gasteiger partial charge in [0, 0.05) is 12.3 Å². The molecule has 0 bridgehead atoms. The molecule has 4 rings (SSSR count). The Balaban J connectivity index is 1.49. The molecule has 4 N–H and O–H groups in total. The number of nitrogens with one attached hydrogen (secondary N) is 1. The number of amidine groups is 1. The number of benzene rings is 1. The number of rotatable bonds is 13. The van der Waals surface area contributed by atoms with Crippen molar-refractivity contribution in [2.24, 2.45) is 10.7 Å². The number of aliphatic imine (C=N–C) groups is 1. The molecule has 1 saturated heterocycles. The van der Waals surface area contributed by atoms with Crippen molar-refractivity contribution in [2.75, 3.05) is 6.61 Å². The third kappa shape index (κ3) is 7.86. The second kappa shape index (κ2) is 13.7. The summed E-state index contributed by atoms with van der Waals surface area (Å²) in [5.74, 6) is -4.88. The quantitative estimate of drug-likeness (QED) is 0.117. The van der Waals surface area contributed by atoms with Gasteiger partial charge in [-0.25, -0.2) is 14.6 Å². The second-order valence-corrected chi connectivity index (χ2v) is 13.8. The number of aliphatic hydroxyl groups is 1. The number of aliphatic hydroxyl groups excluding tert-OH is 1. The molecular formula is C28H34F2N5O9PS. The van der Waals surface area contributed by atoms with Gasteiger partial charge in [-0.15, -0.1) is 0 Å². The molecule has 2 aliphatic heterocycles. The zero-order chi connectivity index (χ0) is 34.0. The molecule has 1 unspecified atom stereocenters. The van der Waals surface area contributed by atoms with E-state index in [4.69, 9.17) is 24.3 Å². The largest absolute Gasteiger partial charge is 0.453 e. The fourth-order valence-corrected chi connectivity index (χ4v) is 6.76. The molecule has 1 aromatic carbocycles. The van der Waals surface area contributed by atoms with E-state index in [1.807, 2.05) is 0 Å². The summed E-state index contributed by atoms with van der Waals surface area (Å²) in [6.07, 6.45) is -3.70. The van der Waals surface area contributed by atoms with E-state index in [2.05, 4.69) is 16.7 Å². The average molecular weight is 686 g/mol. The first kappa shape index (κ1) is 35.3. The first-order chi connectivity index (χ1) is 21.4. The Morgan fingerprint density at radius 2 is 2.04 bits per heavy atom. The van der Waals surface area contributed by atoms with Crippen LogP contribution in [0.4, 0.5) is 13.8 Å². The minimum atomic E-state index is -4.51. The first-order valence-corrected chi connectivity index (χ1v) is 16.2. The number of halogens is 2. The van der Waals surface area contributed by atoms with E-state index in [-0.39, 0.29) is 23.3 Å². The van der Waals surface area contributed by atoms with Crippen LogP contribution in [0.15, 0.2) is 66.1 Å². The Morgan fingerprint density at radius 1 is 1.35 bits per heavy atom. The number of hydrogen-bond acceptors (Lipinski definition) is 13. The lowest BCUT2D eigenvalue weighted by Crippen LogP contribution is -2.47. The lowest BCUT2D eigenvalue weighted by atomic mass is 10.1. The number of aryl methyl sites for hydroxylation is 1. The maximum Gasteiger partial charge on any atom is 0.406 e. The molecule has 46 heavy (non-hydrogen) atoms. The molecule has 1 fully saturated rings. The van der Waals surface area contributed by atoms with Crippen molar-refractivity contribution in [3.63, 3.8) is 0 Å². The van der Waals surface area contributed by atoms with Crippen molar-refractivity contribution in [3.8, 4) is 0 Å². The molecule has 5 atom stereocenters. The monoisotopic (exact) mass is 685 g/mol. The van der Waals surface area contributed by atoms with E-state index in [0.717, 1.165) is 21.8 Å². The predicted molar refractivity (Wildman–Crippen MR) is 164 cm³/mol. The van der Waals surface area contributed by atoms with Crippen LogP contribution in [0.25, 0.3) is 0 Å². The van der Waals surface area contributed by atoms with Crippen LogP contribution in [0.1, 0.15) is 36.8 Å². The highest BCUT2D eigenvalue weighted by Crippen LogP contribution is 2.48. The molecular weight excluding hydrogens is 651 g/mol. The Bertz CT molecular complexity index is 1600. The van der Waals surface area contributed by atoms with Crippen LogP contribution in [-0.2, 0) is 40.1 Å². The van der Waals surface area contributed by atoms with Gasteiger partial charge >= 0.3 is 24.6 Å². The van der Waals surface area contributed by atoms with E-state index in [9.17, 15) is 24.6 Å².